The van der Waals surface area contributed by atoms with E-state index >= 15 is 0 Å². The molecule has 0 amide bonds. The first-order valence-electron chi connectivity index (χ1n) is 7.05. The molecule has 0 aromatic rings. The van der Waals surface area contributed by atoms with E-state index in [0.29, 0.717) is 0 Å². The molecule has 0 bridgehead atoms. The van der Waals surface area contributed by atoms with Gasteiger partial charge >= 0.3 is 0 Å². The van der Waals surface area contributed by atoms with E-state index in [0.717, 1.165) is 27.2 Å². The Labute approximate surface area is 139 Å². The van der Waals surface area contributed by atoms with E-state index in [9.17, 15) is 0 Å². The smallest absolute Gasteiger partial charge is 0.0319 e. The van der Waals surface area contributed by atoms with E-state index in [1.807, 2.05) is 0 Å². The molecule has 20 heavy (non-hydrogen) atoms. The molecule has 1 atom stereocenters. The predicted molar refractivity (Wildman–Crippen MR) is 80.8 cm³/mol. The molecule has 0 radical (unpaired) electrons. The molecule has 0 fully saturated rings. The Hall–Kier alpha value is 0.0743. The van der Waals surface area contributed by atoms with Gasteiger partial charge in [0.2, 0.25) is 0 Å². The molecule has 2 aliphatic carbocycles. The van der Waals surface area contributed by atoms with Crippen molar-refractivity contribution >= 4 is 0 Å². The fourth-order valence-electron chi connectivity index (χ4n) is 2.77. The van der Waals surface area contributed by atoms with Crippen molar-refractivity contribution in [1.82, 2.24) is 0 Å². The molecule has 0 aromatic carbocycles. The van der Waals surface area contributed by atoms with Gasteiger partial charge in [0.05, 0.1) is 0 Å². The second kappa shape index (κ2) is 17.1. The molecule has 0 spiro atoms. The van der Waals surface area contributed by atoms with E-state index in [2.05, 4.69) is 19.9 Å². The number of aliphatic hydroxyl groups is 3. The Morgan fingerprint density at radius 2 is 1.45 bits per heavy atom. The summed E-state index contributed by atoms with van der Waals surface area (Å²) < 4.78 is 0. The fourth-order valence-corrected chi connectivity index (χ4v) is 2.77. The summed E-state index contributed by atoms with van der Waals surface area (Å²) >= 11 is 0. The van der Waals surface area contributed by atoms with Gasteiger partial charge in [-0.3, -0.25) is 0 Å². The summed E-state index contributed by atoms with van der Waals surface area (Å²) in [4.78, 5) is 0. The van der Waals surface area contributed by atoms with Gasteiger partial charge in [0.1, 0.15) is 0 Å². The molecule has 2 aliphatic rings. The fraction of sp³-hybridized carbons (Fsp3) is 0.750. The third-order valence-electron chi connectivity index (χ3n) is 3.45. The Kier molecular flexibility index (Phi) is 21.5. The minimum atomic E-state index is 0. The van der Waals surface area contributed by atoms with E-state index in [-0.39, 0.29) is 21.7 Å². The maximum absolute atomic E-state index is 7.00. The summed E-state index contributed by atoms with van der Waals surface area (Å²) in [6.07, 6.45) is 11.6. The monoisotopic (exact) mass is 319 g/mol. The van der Waals surface area contributed by atoms with Crippen LogP contribution in [0.2, 0.25) is 0 Å². The Balaban J connectivity index is -0.000000368. The normalized spacial score (nSPS) is 18.8. The van der Waals surface area contributed by atoms with Crippen molar-refractivity contribution in [2.45, 2.75) is 52.4 Å². The van der Waals surface area contributed by atoms with E-state index < -0.39 is 0 Å². The van der Waals surface area contributed by atoms with Crippen LogP contribution in [0.4, 0.5) is 0 Å². The van der Waals surface area contributed by atoms with Crippen molar-refractivity contribution in [3.05, 3.63) is 22.8 Å². The molecule has 3 N–H and O–H groups in total. The zero-order valence-electron chi connectivity index (χ0n) is 13.7. The van der Waals surface area contributed by atoms with Crippen LogP contribution >= 0.6 is 0 Å². The maximum Gasteiger partial charge on any atom is 0.0319 e. The van der Waals surface area contributed by atoms with Crippen molar-refractivity contribution in [3.8, 4) is 0 Å². The molecule has 0 heterocycles. The summed E-state index contributed by atoms with van der Waals surface area (Å²) in [5.74, 6) is 0.778. The van der Waals surface area contributed by atoms with Gasteiger partial charge in [-0.25, -0.2) is 17.2 Å². The molecule has 0 saturated carbocycles. The Bertz CT molecular complexity index is 273. The van der Waals surface area contributed by atoms with Gasteiger partial charge < -0.3 is 15.3 Å². The second-order valence-electron chi connectivity index (χ2n) is 4.18. The van der Waals surface area contributed by atoms with Crippen LogP contribution in [-0.2, 0) is 21.7 Å². The third-order valence-corrected chi connectivity index (χ3v) is 3.45. The number of allylic oxidation sites excluding steroid dienone is 4. The largest absolute Gasteiger partial charge is 0.400 e. The summed E-state index contributed by atoms with van der Waals surface area (Å²) in [6, 6.07) is 0. The molecule has 0 aliphatic heterocycles. The molecule has 1 unspecified atom stereocenters. The number of hydrogen-bond acceptors (Lipinski definition) is 3. The Morgan fingerprint density at radius 1 is 0.950 bits per heavy atom. The summed E-state index contributed by atoms with van der Waals surface area (Å²) in [7, 11) is 3.00. The minimum absolute atomic E-state index is 0. The quantitative estimate of drug-likeness (QED) is 0.542. The van der Waals surface area contributed by atoms with Crippen molar-refractivity contribution < 1.29 is 37.0 Å². The average molecular weight is 319 g/mol. The van der Waals surface area contributed by atoms with Crippen molar-refractivity contribution in [2.75, 3.05) is 21.3 Å². The van der Waals surface area contributed by atoms with Crippen LogP contribution in [0.15, 0.2) is 16.7 Å². The molecule has 4 heteroatoms. The van der Waals surface area contributed by atoms with E-state index in [4.69, 9.17) is 15.3 Å². The molecule has 3 nitrogen and oxygen atoms in total. The zero-order valence-corrected chi connectivity index (χ0v) is 15.2. The van der Waals surface area contributed by atoms with Gasteiger partial charge in [-0.1, -0.05) is 58.3 Å². The van der Waals surface area contributed by atoms with Crippen LogP contribution < -0.4 is 0 Å². The molecule has 0 aromatic heterocycles. The summed E-state index contributed by atoms with van der Waals surface area (Å²) in [6.45, 7) is 4.58. The van der Waals surface area contributed by atoms with Crippen LogP contribution in [0.5, 0.6) is 0 Å². The molecular weight excluding hydrogens is 288 g/mol. The number of rotatable bonds is 2. The summed E-state index contributed by atoms with van der Waals surface area (Å²) in [5.41, 5.74) is 4.90. The SMILES string of the molecule is CCC1=[C-]C2=C(CCCC2)C1CC.CO.CO.CO.[Ti]. The van der Waals surface area contributed by atoms with Crippen LogP contribution in [0.3, 0.4) is 0 Å². The van der Waals surface area contributed by atoms with Crippen LogP contribution in [0, 0.1) is 12.0 Å². The van der Waals surface area contributed by atoms with Crippen LogP contribution in [0.25, 0.3) is 0 Å². The van der Waals surface area contributed by atoms with Gasteiger partial charge in [-0.2, -0.15) is 5.57 Å². The zero-order chi connectivity index (χ0) is 15.3. The van der Waals surface area contributed by atoms with Gasteiger partial charge in [0.15, 0.2) is 0 Å². The number of hydrogen-bond donors (Lipinski definition) is 3. The van der Waals surface area contributed by atoms with E-state index in [1.165, 1.54) is 38.5 Å². The standard InChI is InChI=1S/C13H19.3CH4O.Ti/c1-3-10-9-11-7-5-6-8-13(11)12(10)4-2;3*1-2;/h12H,3-8H2,1-2H3;3*2H,1H3;/q-1;;;;. The van der Waals surface area contributed by atoms with Gasteiger partial charge in [0, 0.05) is 43.0 Å². The Morgan fingerprint density at radius 3 is 1.90 bits per heavy atom. The maximum atomic E-state index is 7.00. The molecule has 2 rings (SSSR count). The first-order chi connectivity index (χ1) is 9.36. The number of aliphatic hydroxyl groups excluding tert-OH is 3. The van der Waals surface area contributed by atoms with Crippen molar-refractivity contribution in [1.29, 1.82) is 0 Å². The first kappa shape index (κ1) is 25.1. The predicted octanol–water partition coefficient (Wildman–Crippen LogP) is 2.86. The first-order valence-corrected chi connectivity index (χ1v) is 7.05. The third kappa shape index (κ3) is 7.19. The van der Waals surface area contributed by atoms with Gasteiger partial charge in [-0.05, 0) is 0 Å². The van der Waals surface area contributed by atoms with Crippen LogP contribution in [0.1, 0.15) is 52.4 Å². The summed E-state index contributed by atoms with van der Waals surface area (Å²) in [5, 5.41) is 21.0. The molecule has 0 saturated heterocycles. The second-order valence-corrected chi connectivity index (χ2v) is 4.18. The molecular formula is C16H31O3Ti-. The van der Waals surface area contributed by atoms with Gasteiger partial charge in [0.25, 0.3) is 0 Å². The topological polar surface area (TPSA) is 60.7 Å². The van der Waals surface area contributed by atoms with Gasteiger partial charge in [-0.15, -0.1) is 0 Å². The van der Waals surface area contributed by atoms with Crippen molar-refractivity contribution in [2.24, 2.45) is 5.92 Å². The average Bonchev–Trinajstić information content (AvgIpc) is 2.91. The van der Waals surface area contributed by atoms with Crippen LogP contribution in [-0.4, -0.2) is 36.6 Å². The van der Waals surface area contributed by atoms with E-state index in [1.54, 1.807) is 16.7 Å². The minimum Gasteiger partial charge on any atom is -0.400 e. The van der Waals surface area contributed by atoms with Crippen molar-refractivity contribution in [3.63, 3.8) is 0 Å². The molecule has 118 valence electrons.